The number of benzene rings is 3. The van der Waals surface area contributed by atoms with Crippen molar-refractivity contribution in [2.24, 2.45) is 5.92 Å². The predicted octanol–water partition coefficient (Wildman–Crippen LogP) is 5.87. The Morgan fingerprint density at radius 3 is 2.44 bits per heavy atom. The lowest BCUT2D eigenvalue weighted by Gasteiger charge is -2.24. The Hall–Kier alpha value is -4.12. The largest absolute Gasteiger partial charge is 0.546 e. The number of hydrogen-bond acceptors (Lipinski definition) is 5. The quantitative estimate of drug-likeness (QED) is 0.316. The normalized spacial score (nSPS) is 15.4. The Morgan fingerprint density at radius 2 is 1.72 bits per heavy atom. The van der Waals surface area contributed by atoms with Gasteiger partial charge in [0.2, 0.25) is 5.89 Å². The van der Waals surface area contributed by atoms with E-state index in [1.807, 2.05) is 61.5 Å². The number of allylic oxidation sites excluding steroid dienone is 2. The molecule has 0 bridgehead atoms. The second-order valence-electron chi connectivity index (χ2n) is 9.12. The summed E-state index contributed by atoms with van der Waals surface area (Å²) in [6.07, 6.45) is 6.17. The minimum atomic E-state index is -1.23. The lowest BCUT2D eigenvalue weighted by atomic mass is 9.82. The molecule has 1 aliphatic carbocycles. The van der Waals surface area contributed by atoms with Crippen molar-refractivity contribution in [2.75, 3.05) is 6.61 Å². The number of oxazole rings is 1. The topological polar surface area (TPSA) is 75.4 Å². The van der Waals surface area contributed by atoms with Crippen LogP contribution in [0.1, 0.15) is 36.3 Å². The zero-order chi connectivity index (χ0) is 24.9. The summed E-state index contributed by atoms with van der Waals surface area (Å²) in [7, 11) is 0. The van der Waals surface area contributed by atoms with Crippen LogP contribution < -0.4 is 9.84 Å². The molecule has 0 N–H and O–H groups in total. The second-order valence-corrected chi connectivity index (χ2v) is 9.12. The first-order valence-corrected chi connectivity index (χ1v) is 12.3. The average Bonchev–Trinajstić information content (AvgIpc) is 3.36. The van der Waals surface area contributed by atoms with Crippen LogP contribution in [0.3, 0.4) is 0 Å². The summed E-state index contributed by atoms with van der Waals surface area (Å²) >= 11 is 0. The van der Waals surface area contributed by atoms with E-state index in [0.29, 0.717) is 11.6 Å². The molecule has 0 saturated heterocycles. The maximum atomic E-state index is 10.9. The van der Waals surface area contributed by atoms with E-state index in [0.717, 1.165) is 65.0 Å². The van der Waals surface area contributed by atoms with Crippen LogP contribution in [-0.4, -0.2) is 17.6 Å². The van der Waals surface area contributed by atoms with E-state index in [2.05, 4.69) is 24.3 Å². The van der Waals surface area contributed by atoms with E-state index >= 15 is 0 Å². The molecule has 4 aromatic rings. The van der Waals surface area contributed by atoms with E-state index in [-0.39, 0.29) is 5.92 Å². The molecule has 1 heterocycles. The lowest BCUT2D eigenvalue weighted by molar-refractivity contribution is -0.307. The van der Waals surface area contributed by atoms with Gasteiger partial charge in [0.25, 0.3) is 0 Å². The molecular formula is C31H28NO4-. The fraction of sp³-hybridized carbons (Fsp3) is 0.226. The van der Waals surface area contributed by atoms with Gasteiger partial charge in [0.1, 0.15) is 18.1 Å². The SMILES string of the molecule is Cc1c(CC2CCCC=C2c2nc(-c3ccccc3)c(-c3ccccc3)o2)cccc1OCC(=O)[O-]. The Balaban J connectivity index is 1.49. The number of hydrogen-bond donors (Lipinski definition) is 0. The Kier molecular flexibility index (Phi) is 6.99. The highest BCUT2D eigenvalue weighted by molar-refractivity contribution is 5.79. The number of carboxylic acid groups (broad SMARTS) is 1. The summed E-state index contributed by atoms with van der Waals surface area (Å²) in [4.78, 5) is 15.9. The Labute approximate surface area is 211 Å². The van der Waals surface area contributed by atoms with Gasteiger partial charge in [-0.1, -0.05) is 78.9 Å². The highest BCUT2D eigenvalue weighted by Gasteiger charge is 2.27. The van der Waals surface area contributed by atoms with Crippen molar-refractivity contribution in [3.8, 4) is 28.3 Å². The molecule has 0 spiro atoms. The van der Waals surface area contributed by atoms with Crippen molar-refractivity contribution in [3.63, 3.8) is 0 Å². The van der Waals surface area contributed by atoms with Gasteiger partial charge in [-0.05, 0) is 55.7 Å². The minimum absolute atomic E-state index is 0.236. The zero-order valence-corrected chi connectivity index (χ0v) is 20.3. The first-order chi connectivity index (χ1) is 17.6. The zero-order valence-electron chi connectivity index (χ0n) is 20.3. The highest BCUT2D eigenvalue weighted by Crippen LogP contribution is 2.40. The van der Waals surface area contributed by atoms with E-state index in [9.17, 15) is 9.90 Å². The predicted molar refractivity (Wildman–Crippen MR) is 138 cm³/mol. The molecular weight excluding hydrogens is 450 g/mol. The number of ether oxygens (including phenoxy) is 1. The molecule has 1 atom stereocenters. The number of carboxylic acids is 1. The fourth-order valence-electron chi connectivity index (χ4n) is 4.88. The molecule has 5 rings (SSSR count). The van der Waals surface area contributed by atoms with Gasteiger partial charge < -0.3 is 19.1 Å². The Bertz CT molecular complexity index is 1320. The molecule has 182 valence electrons. The molecule has 1 unspecified atom stereocenters. The molecule has 5 heteroatoms. The second kappa shape index (κ2) is 10.6. The van der Waals surface area contributed by atoms with Crippen molar-refractivity contribution in [1.29, 1.82) is 0 Å². The van der Waals surface area contributed by atoms with Crippen LogP contribution in [-0.2, 0) is 11.2 Å². The van der Waals surface area contributed by atoms with Gasteiger partial charge in [-0.25, -0.2) is 4.98 Å². The van der Waals surface area contributed by atoms with E-state index < -0.39 is 12.6 Å². The van der Waals surface area contributed by atoms with Crippen molar-refractivity contribution in [2.45, 2.75) is 32.6 Å². The first-order valence-electron chi connectivity index (χ1n) is 12.3. The molecule has 3 aromatic carbocycles. The van der Waals surface area contributed by atoms with Crippen molar-refractivity contribution in [1.82, 2.24) is 4.98 Å². The monoisotopic (exact) mass is 478 g/mol. The van der Waals surface area contributed by atoms with Gasteiger partial charge in [-0.15, -0.1) is 0 Å². The van der Waals surface area contributed by atoms with Gasteiger partial charge >= 0.3 is 0 Å². The summed E-state index contributed by atoms with van der Waals surface area (Å²) in [6.45, 7) is 1.51. The van der Waals surface area contributed by atoms with Gasteiger partial charge in [0.05, 0.1) is 5.97 Å². The van der Waals surface area contributed by atoms with Crippen LogP contribution in [0.4, 0.5) is 0 Å². The summed E-state index contributed by atoms with van der Waals surface area (Å²) in [5.74, 6) is 1.02. The van der Waals surface area contributed by atoms with E-state index in [1.165, 1.54) is 0 Å². The number of aliphatic carboxylic acids is 1. The van der Waals surface area contributed by atoms with Crippen molar-refractivity contribution in [3.05, 3.63) is 102 Å². The number of carbonyl (C=O) groups excluding carboxylic acids is 1. The van der Waals surface area contributed by atoms with Crippen LogP contribution in [0, 0.1) is 12.8 Å². The smallest absolute Gasteiger partial charge is 0.223 e. The van der Waals surface area contributed by atoms with Crippen molar-refractivity contribution >= 4 is 11.5 Å². The third-order valence-corrected chi connectivity index (χ3v) is 6.73. The summed E-state index contributed by atoms with van der Waals surface area (Å²) in [5, 5.41) is 10.9. The van der Waals surface area contributed by atoms with Crippen LogP contribution in [0.15, 0.2) is 89.4 Å². The van der Waals surface area contributed by atoms with Gasteiger partial charge in [-0.2, -0.15) is 0 Å². The number of aromatic nitrogens is 1. The number of rotatable bonds is 8. The molecule has 1 aliphatic rings. The molecule has 0 saturated carbocycles. The minimum Gasteiger partial charge on any atom is -0.546 e. The lowest BCUT2D eigenvalue weighted by Crippen LogP contribution is -2.29. The third kappa shape index (κ3) is 5.10. The van der Waals surface area contributed by atoms with Crippen LogP contribution in [0.25, 0.3) is 28.2 Å². The number of carbonyl (C=O) groups is 1. The molecule has 0 amide bonds. The van der Waals surface area contributed by atoms with Gasteiger partial charge in [-0.3, -0.25) is 0 Å². The van der Waals surface area contributed by atoms with Crippen molar-refractivity contribution < 1.29 is 19.1 Å². The summed E-state index contributed by atoms with van der Waals surface area (Å²) < 4.78 is 12.0. The van der Waals surface area contributed by atoms with E-state index in [4.69, 9.17) is 14.1 Å². The van der Waals surface area contributed by atoms with E-state index in [1.54, 1.807) is 6.07 Å². The molecule has 1 aromatic heterocycles. The third-order valence-electron chi connectivity index (χ3n) is 6.73. The number of nitrogens with zero attached hydrogens (tertiary/aromatic N) is 1. The maximum Gasteiger partial charge on any atom is 0.223 e. The molecule has 5 nitrogen and oxygen atoms in total. The summed E-state index contributed by atoms with van der Waals surface area (Å²) in [5.41, 5.74) is 6.06. The van der Waals surface area contributed by atoms with Crippen LogP contribution >= 0.6 is 0 Å². The summed E-state index contributed by atoms with van der Waals surface area (Å²) in [6, 6.07) is 26.0. The average molecular weight is 479 g/mol. The fourth-order valence-corrected chi connectivity index (χ4v) is 4.88. The first kappa shape index (κ1) is 23.6. The maximum absolute atomic E-state index is 10.9. The van der Waals surface area contributed by atoms with Gasteiger partial charge in [0.15, 0.2) is 5.76 Å². The molecule has 0 fully saturated rings. The standard InChI is InChI=1S/C31H29NO4/c1-21-24(16-10-18-27(21)35-20-28(33)34)19-25-15-8-9-17-26(25)31-32-29(22-11-4-2-5-12-22)30(36-31)23-13-6-3-7-14-23/h2-7,10-14,16-18,25H,8-9,15,19-20H2,1H3,(H,33,34)/p-1. The molecule has 0 aliphatic heterocycles. The molecule has 36 heavy (non-hydrogen) atoms. The van der Waals surface area contributed by atoms with Crippen LogP contribution in [0.5, 0.6) is 5.75 Å². The Morgan fingerprint density at radius 1 is 1.00 bits per heavy atom. The van der Waals surface area contributed by atoms with Crippen LogP contribution in [0.2, 0.25) is 0 Å². The molecule has 0 radical (unpaired) electrons. The van der Waals surface area contributed by atoms with Gasteiger partial charge in [0, 0.05) is 16.7 Å². The highest BCUT2D eigenvalue weighted by atomic mass is 16.5.